The molecular weight excluding hydrogens is 254 g/mol. The van der Waals surface area contributed by atoms with E-state index in [0.29, 0.717) is 11.3 Å². The first-order chi connectivity index (χ1) is 9.79. The zero-order chi connectivity index (χ0) is 14.2. The number of oxime groups is 1. The molecule has 0 amide bonds. The summed E-state index contributed by atoms with van der Waals surface area (Å²) in [6.45, 7) is 0. The van der Waals surface area contributed by atoms with Crippen LogP contribution in [0.4, 0.5) is 0 Å². The Hall–Kier alpha value is -2.62. The Bertz CT molecular complexity index is 576. The third-order valence-electron chi connectivity index (χ3n) is 2.61. The van der Waals surface area contributed by atoms with E-state index < -0.39 is 0 Å². The van der Waals surface area contributed by atoms with Crippen LogP contribution in [0.1, 0.15) is 16.8 Å². The van der Waals surface area contributed by atoms with Crippen molar-refractivity contribution in [1.29, 1.82) is 0 Å². The number of nitrogens with zero attached hydrogens (tertiary/aromatic N) is 1. The molecule has 4 nitrogen and oxygen atoms in total. The molecule has 0 spiro atoms. The summed E-state index contributed by atoms with van der Waals surface area (Å²) in [5.41, 5.74) is 0.618. The molecule has 0 saturated heterocycles. The molecule has 0 heterocycles. The monoisotopic (exact) mass is 269 g/mol. The maximum absolute atomic E-state index is 11.8. The lowest BCUT2D eigenvalue weighted by molar-refractivity contribution is 0.1000. The van der Waals surface area contributed by atoms with Crippen molar-refractivity contribution in [3.63, 3.8) is 0 Å². The number of carbonyl (C=O) groups excluding carboxylic acids is 1. The molecule has 0 aliphatic carbocycles. The Balaban J connectivity index is 1.99. The first-order valence-electron chi connectivity index (χ1n) is 6.21. The van der Waals surface area contributed by atoms with Gasteiger partial charge in [-0.2, -0.15) is 0 Å². The SMILES string of the molecule is CO/N=C/CC(=O)c1ccc(Oc2ccccc2)cc1. The van der Waals surface area contributed by atoms with Gasteiger partial charge in [-0.05, 0) is 36.4 Å². The maximum Gasteiger partial charge on any atom is 0.168 e. The summed E-state index contributed by atoms with van der Waals surface area (Å²) in [5, 5.41) is 3.54. The molecule has 0 saturated carbocycles. The zero-order valence-corrected chi connectivity index (χ0v) is 11.2. The van der Waals surface area contributed by atoms with E-state index in [2.05, 4.69) is 9.99 Å². The number of benzene rings is 2. The Kier molecular flexibility index (Phi) is 4.89. The summed E-state index contributed by atoms with van der Waals surface area (Å²) >= 11 is 0. The van der Waals surface area contributed by atoms with Gasteiger partial charge in [0.25, 0.3) is 0 Å². The molecule has 2 rings (SSSR count). The Morgan fingerprint density at radius 3 is 2.35 bits per heavy atom. The van der Waals surface area contributed by atoms with Crippen molar-refractivity contribution in [3.8, 4) is 11.5 Å². The lowest BCUT2D eigenvalue weighted by Gasteiger charge is -2.05. The Labute approximate surface area is 117 Å². The summed E-state index contributed by atoms with van der Waals surface area (Å²) in [5.74, 6) is 1.44. The van der Waals surface area contributed by atoms with Crippen molar-refractivity contribution in [1.82, 2.24) is 0 Å². The van der Waals surface area contributed by atoms with Gasteiger partial charge in [0.05, 0.1) is 6.21 Å². The molecule has 2 aromatic carbocycles. The third kappa shape index (κ3) is 3.95. The molecule has 0 atom stereocenters. The molecule has 0 aliphatic heterocycles. The predicted octanol–water partition coefficient (Wildman–Crippen LogP) is 3.68. The van der Waals surface area contributed by atoms with Gasteiger partial charge in [-0.3, -0.25) is 4.79 Å². The number of Topliss-reactive ketones (excluding diaryl/α,β-unsaturated/α-hetero) is 1. The normalized spacial score (nSPS) is 10.4. The van der Waals surface area contributed by atoms with Gasteiger partial charge >= 0.3 is 0 Å². The molecule has 20 heavy (non-hydrogen) atoms. The van der Waals surface area contributed by atoms with Crippen LogP contribution in [-0.4, -0.2) is 19.1 Å². The molecule has 102 valence electrons. The van der Waals surface area contributed by atoms with Gasteiger partial charge in [-0.15, -0.1) is 0 Å². The highest BCUT2D eigenvalue weighted by Crippen LogP contribution is 2.21. The van der Waals surface area contributed by atoms with Gasteiger partial charge in [0.1, 0.15) is 18.6 Å². The number of para-hydroxylation sites is 1. The van der Waals surface area contributed by atoms with Crippen LogP contribution in [0.3, 0.4) is 0 Å². The van der Waals surface area contributed by atoms with Crippen LogP contribution in [0.15, 0.2) is 59.8 Å². The zero-order valence-electron chi connectivity index (χ0n) is 11.2. The molecule has 0 fully saturated rings. The molecular formula is C16H15NO3. The van der Waals surface area contributed by atoms with Crippen LogP contribution in [0.5, 0.6) is 11.5 Å². The van der Waals surface area contributed by atoms with Crippen LogP contribution in [-0.2, 0) is 4.84 Å². The van der Waals surface area contributed by atoms with E-state index >= 15 is 0 Å². The highest BCUT2D eigenvalue weighted by atomic mass is 16.6. The van der Waals surface area contributed by atoms with Crippen molar-refractivity contribution in [2.24, 2.45) is 5.16 Å². The number of carbonyl (C=O) groups is 1. The van der Waals surface area contributed by atoms with Crippen LogP contribution in [0.25, 0.3) is 0 Å². The number of ketones is 1. The fourth-order valence-corrected chi connectivity index (χ4v) is 1.65. The number of hydrogen-bond acceptors (Lipinski definition) is 4. The van der Waals surface area contributed by atoms with E-state index in [0.717, 1.165) is 5.75 Å². The van der Waals surface area contributed by atoms with Gasteiger partial charge in [-0.1, -0.05) is 23.4 Å². The number of rotatable bonds is 6. The van der Waals surface area contributed by atoms with Crippen LogP contribution >= 0.6 is 0 Å². The molecule has 0 radical (unpaired) electrons. The van der Waals surface area contributed by atoms with E-state index in [4.69, 9.17) is 4.74 Å². The molecule has 0 N–H and O–H groups in total. The second-order valence-corrected chi connectivity index (χ2v) is 4.04. The van der Waals surface area contributed by atoms with E-state index in [1.165, 1.54) is 13.3 Å². The maximum atomic E-state index is 11.8. The van der Waals surface area contributed by atoms with Gasteiger partial charge in [0.15, 0.2) is 5.78 Å². The minimum Gasteiger partial charge on any atom is -0.457 e. The van der Waals surface area contributed by atoms with Crippen molar-refractivity contribution < 1.29 is 14.4 Å². The van der Waals surface area contributed by atoms with E-state index in [9.17, 15) is 4.79 Å². The highest BCUT2D eigenvalue weighted by Gasteiger charge is 2.04. The van der Waals surface area contributed by atoms with Crippen molar-refractivity contribution in [3.05, 3.63) is 60.2 Å². The van der Waals surface area contributed by atoms with Crippen LogP contribution in [0, 0.1) is 0 Å². The second kappa shape index (κ2) is 7.09. The Morgan fingerprint density at radius 1 is 1.05 bits per heavy atom. The summed E-state index contributed by atoms with van der Waals surface area (Å²) in [7, 11) is 1.44. The standard InChI is InChI=1S/C16H15NO3/c1-19-17-12-11-16(18)13-7-9-15(10-8-13)20-14-5-3-2-4-6-14/h2-10,12H,11H2,1H3/b17-12+. The van der Waals surface area contributed by atoms with Crippen molar-refractivity contribution in [2.75, 3.05) is 7.11 Å². The third-order valence-corrected chi connectivity index (χ3v) is 2.61. The fourth-order valence-electron chi connectivity index (χ4n) is 1.65. The number of ether oxygens (including phenoxy) is 1. The average molecular weight is 269 g/mol. The van der Waals surface area contributed by atoms with Crippen LogP contribution < -0.4 is 4.74 Å². The van der Waals surface area contributed by atoms with Gasteiger partial charge in [0, 0.05) is 12.0 Å². The minimum absolute atomic E-state index is 0.0166. The van der Waals surface area contributed by atoms with E-state index in [-0.39, 0.29) is 12.2 Å². The van der Waals surface area contributed by atoms with Crippen molar-refractivity contribution in [2.45, 2.75) is 6.42 Å². The summed E-state index contributed by atoms with van der Waals surface area (Å²) in [4.78, 5) is 16.3. The summed E-state index contributed by atoms with van der Waals surface area (Å²) < 4.78 is 5.65. The first kappa shape index (κ1) is 13.8. The number of hydrogen-bond donors (Lipinski definition) is 0. The van der Waals surface area contributed by atoms with E-state index in [1.54, 1.807) is 24.3 Å². The molecule has 4 heteroatoms. The topological polar surface area (TPSA) is 47.9 Å². The second-order valence-electron chi connectivity index (χ2n) is 4.04. The minimum atomic E-state index is -0.0166. The molecule has 2 aromatic rings. The lowest BCUT2D eigenvalue weighted by atomic mass is 10.1. The lowest BCUT2D eigenvalue weighted by Crippen LogP contribution is -1.99. The molecule has 0 unspecified atom stereocenters. The van der Waals surface area contributed by atoms with Gasteiger partial charge < -0.3 is 9.57 Å². The molecule has 0 bridgehead atoms. The van der Waals surface area contributed by atoms with E-state index in [1.807, 2.05) is 30.3 Å². The summed E-state index contributed by atoms with van der Waals surface area (Å²) in [6, 6.07) is 16.5. The largest absolute Gasteiger partial charge is 0.457 e. The quantitative estimate of drug-likeness (QED) is 0.456. The van der Waals surface area contributed by atoms with Gasteiger partial charge in [-0.25, -0.2) is 0 Å². The smallest absolute Gasteiger partial charge is 0.168 e. The Morgan fingerprint density at radius 2 is 1.70 bits per heavy atom. The average Bonchev–Trinajstić information content (AvgIpc) is 2.49. The molecule has 0 aromatic heterocycles. The fraction of sp³-hybridized carbons (Fsp3) is 0.125. The first-order valence-corrected chi connectivity index (χ1v) is 6.21. The summed E-state index contributed by atoms with van der Waals surface area (Å²) in [6.07, 6.45) is 1.66. The van der Waals surface area contributed by atoms with Gasteiger partial charge in [0.2, 0.25) is 0 Å². The highest BCUT2D eigenvalue weighted by molar-refractivity contribution is 6.03. The predicted molar refractivity (Wildman–Crippen MR) is 77.4 cm³/mol. The van der Waals surface area contributed by atoms with Crippen molar-refractivity contribution >= 4 is 12.0 Å². The molecule has 0 aliphatic rings. The van der Waals surface area contributed by atoms with Crippen LogP contribution in [0.2, 0.25) is 0 Å².